The molecule has 0 bridgehead atoms. The van der Waals surface area contributed by atoms with Crippen molar-refractivity contribution in [3.8, 4) is 23.1 Å². The van der Waals surface area contributed by atoms with Crippen LogP contribution in [-0.2, 0) is 0 Å². The molecular formula is C16H17N3O2. The van der Waals surface area contributed by atoms with Crippen LogP contribution in [0.4, 0.5) is 0 Å². The predicted octanol–water partition coefficient (Wildman–Crippen LogP) is 1.92. The number of benzene rings is 1. The zero-order valence-electron chi connectivity index (χ0n) is 12.0. The molecule has 0 aliphatic heterocycles. The molecule has 1 unspecified atom stereocenters. The molecule has 1 atom stereocenters. The minimum absolute atomic E-state index is 0.118. The fourth-order valence-electron chi connectivity index (χ4n) is 2.18. The van der Waals surface area contributed by atoms with Gasteiger partial charge in [-0.3, -0.25) is 4.79 Å². The van der Waals surface area contributed by atoms with Gasteiger partial charge in [0.1, 0.15) is 17.4 Å². The molecule has 5 heteroatoms. The van der Waals surface area contributed by atoms with Crippen LogP contribution in [0, 0.1) is 11.3 Å². The van der Waals surface area contributed by atoms with Crippen molar-refractivity contribution in [3.63, 3.8) is 0 Å². The fourth-order valence-corrected chi connectivity index (χ4v) is 2.18. The van der Waals surface area contributed by atoms with Gasteiger partial charge in [0.2, 0.25) is 0 Å². The summed E-state index contributed by atoms with van der Waals surface area (Å²) < 4.78 is 6.70. The average molecular weight is 283 g/mol. The highest BCUT2D eigenvalue weighted by Gasteiger charge is 2.14. The van der Waals surface area contributed by atoms with E-state index in [1.807, 2.05) is 37.3 Å². The van der Waals surface area contributed by atoms with Crippen molar-refractivity contribution in [3.05, 3.63) is 52.3 Å². The van der Waals surface area contributed by atoms with Gasteiger partial charge in [0.15, 0.2) is 0 Å². The van der Waals surface area contributed by atoms with Gasteiger partial charge in [-0.05, 0) is 48.9 Å². The number of nitriles is 1. The molecule has 1 aromatic heterocycles. The molecule has 5 nitrogen and oxygen atoms in total. The van der Waals surface area contributed by atoms with E-state index in [-0.39, 0.29) is 17.2 Å². The van der Waals surface area contributed by atoms with Crippen molar-refractivity contribution in [1.82, 2.24) is 4.57 Å². The Morgan fingerprint density at radius 1 is 1.29 bits per heavy atom. The lowest BCUT2D eigenvalue weighted by atomic mass is 10.1. The largest absolute Gasteiger partial charge is 0.497 e. The van der Waals surface area contributed by atoms with E-state index >= 15 is 0 Å². The predicted molar refractivity (Wildman–Crippen MR) is 81.2 cm³/mol. The topological polar surface area (TPSA) is 81.0 Å². The molecule has 0 amide bonds. The van der Waals surface area contributed by atoms with Crippen LogP contribution >= 0.6 is 0 Å². The van der Waals surface area contributed by atoms with Gasteiger partial charge < -0.3 is 15.0 Å². The third-order valence-electron chi connectivity index (χ3n) is 3.40. The average Bonchev–Trinajstić information content (AvgIpc) is 2.54. The Bertz CT molecular complexity index is 727. The van der Waals surface area contributed by atoms with E-state index in [0.29, 0.717) is 6.54 Å². The Labute approximate surface area is 123 Å². The van der Waals surface area contributed by atoms with Gasteiger partial charge in [0.25, 0.3) is 5.56 Å². The zero-order valence-corrected chi connectivity index (χ0v) is 12.0. The number of rotatable bonds is 4. The summed E-state index contributed by atoms with van der Waals surface area (Å²) in [4.78, 5) is 12.4. The van der Waals surface area contributed by atoms with Crippen LogP contribution in [0.1, 0.15) is 18.5 Å². The summed E-state index contributed by atoms with van der Waals surface area (Å²) in [6, 6.07) is 12.4. The highest BCUT2D eigenvalue weighted by Crippen LogP contribution is 2.23. The zero-order chi connectivity index (χ0) is 15.4. The molecule has 108 valence electrons. The van der Waals surface area contributed by atoms with Crippen LogP contribution in [-0.4, -0.2) is 18.2 Å². The summed E-state index contributed by atoms with van der Waals surface area (Å²) in [5.74, 6) is 0.744. The van der Waals surface area contributed by atoms with Crippen LogP contribution in [0.3, 0.4) is 0 Å². The van der Waals surface area contributed by atoms with E-state index in [1.54, 1.807) is 23.8 Å². The number of ether oxygens (including phenoxy) is 1. The van der Waals surface area contributed by atoms with E-state index in [1.165, 1.54) is 0 Å². The Balaban J connectivity index is 2.65. The van der Waals surface area contributed by atoms with Gasteiger partial charge in [-0.1, -0.05) is 0 Å². The first-order valence-electron chi connectivity index (χ1n) is 6.62. The van der Waals surface area contributed by atoms with Gasteiger partial charge in [0, 0.05) is 12.6 Å². The van der Waals surface area contributed by atoms with Crippen LogP contribution in [0.5, 0.6) is 5.75 Å². The quantitative estimate of drug-likeness (QED) is 0.929. The number of pyridine rings is 1. The van der Waals surface area contributed by atoms with Gasteiger partial charge in [-0.15, -0.1) is 0 Å². The van der Waals surface area contributed by atoms with E-state index in [0.717, 1.165) is 17.0 Å². The molecule has 1 aromatic carbocycles. The van der Waals surface area contributed by atoms with Crippen LogP contribution in [0.2, 0.25) is 0 Å². The van der Waals surface area contributed by atoms with Gasteiger partial charge in [-0.25, -0.2) is 0 Å². The molecule has 0 saturated heterocycles. The van der Waals surface area contributed by atoms with E-state index in [9.17, 15) is 4.79 Å². The monoisotopic (exact) mass is 283 g/mol. The lowest BCUT2D eigenvalue weighted by Gasteiger charge is -2.19. The summed E-state index contributed by atoms with van der Waals surface area (Å²) in [5, 5.41) is 9.02. The van der Waals surface area contributed by atoms with Gasteiger partial charge in [-0.2, -0.15) is 5.26 Å². The number of nitrogens with zero attached hydrogens (tertiary/aromatic N) is 2. The number of nitrogens with two attached hydrogens (primary N) is 1. The second kappa shape index (κ2) is 6.25. The molecule has 0 radical (unpaired) electrons. The van der Waals surface area contributed by atoms with Crippen molar-refractivity contribution >= 4 is 0 Å². The second-order valence-corrected chi connectivity index (χ2v) is 4.73. The Hall–Kier alpha value is -2.58. The maximum atomic E-state index is 12.4. The minimum atomic E-state index is -0.316. The normalized spacial score (nSPS) is 11.7. The molecule has 2 rings (SSSR count). The molecule has 1 heterocycles. The van der Waals surface area contributed by atoms with Crippen LogP contribution in [0.25, 0.3) is 11.3 Å². The highest BCUT2D eigenvalue weighted by atomic mass is 16.5. The van der Waals surface area contributed by atoms with Crippen molar-refractivity contribution in [2.75, 3.05) is 13.7 Å². The molecule has 2 aromatic rings. The van der Waals surface area contributed by atoms with E-state index < -0.39 is 0 Å². The molecule has 0 aliphatic rings. The summed E-state index contributed by atoms with van der Waals surface area (Å²) in [5.41, 5.74) is 7.11. The number of hydrogen-bond donors (Lipinski definition) is 1. The second-order valence-electron chi connectivity index (χ2n) is 4.73. The van der Waals surface area contributed by atoms with Crippen LogP contribution < -0.4 is 16.0 Å². The van der Waals surface area contributed by atoms with Crippen molar-refractivity contribution < 1.29 is 4.74 Å². The molecule has 2 N–H and O–H groups in total. The lowest BCUT2D eigenvalue weighted by Crippen LogP contribution is -2.30. The minimum Gasteiger partial charge on any atom is -0.497 e. The van der Waals surface area contributed by atoms with E-state index in [4.69, 9.17) is 15.7 Å². The summed E-state index contributed by atoms with van der Waals surface area (Å²) in [6.45, 7) is 2.17. The fraction of sp³-hybridized carbons (Fsp3) is 0.250. The number of methoxy groups -OCH3 is 1. The van der Waals surface area contributed by atoms with Gasteiger partial charge in [0.05, 0.1) is 12.8 Å². The van der Waals surface area contributed by atoms with Gasteiger partial charge >= 0.3 is 0 Å². The number of aromatic nitrogens is 1. The Morgan fingerprint density at radius 2 is 1.95 bits per heavy atom. The number of hydrogen-bond acceptors (Lipinski definition) is 4. The maximum Gasteiger partial charge on any atom is 0.269 e. The smallest absolute Gasteiger partial charge is 0.269 e. The first-order chi connectivity index (χ1) is 10.1. The van der Waals surface area contributed by atoms with Crippen molar-refractivity contribution in [2.45, 2.75) is 13.0 Å². The van der Waals surface area contributed by atoms with Crippen molar-refractivity contribution in [2.24, 2.45) is 5.73 Å². The molecule has 0 aliphatic carbocycles. The Morgan fingerprint density at radius 3 is 2.48 bits per heavy atom. The summed E-state index contributed by atoms with van der Waals surface area (Å²) in [6.07, 6.45) is 0. The molecule has 21 heavy (non-hydrogen) atoms. The lowest BCUT2D eigenvalue weighted by molar-refractivity contribution is 0.415. The first-order valence-corrected chi connectivity index (χ1v) is 6.62. The molecule has 0 saturated carbocycles. The Kier molecular flexibility index (Phi) is 4.41. The highest BCUT2D eigenvalue weighted by molar-refractivity contribution is 5.61. The summed E-state index contributed by atoms with van der Waals surface area (Å²) >= 11 is 0. The third kappa shape index (κ3) is 2.81. The van der Waals surface area contributed by atoms with Crippen LogP contribution in [0.15, 0.2) is 41.2 Å². The summed E-state index contributed by atoms with van der Waals surface area (Å²) in [7, 11) is 1.60. The molecule has 0 spiro atoms. The molecule has 0 fully saturated rings. The SMILES string of the molecule is COc1ccc(-c2ccc(C#N)c(=O)n2C(C)CN)cc1. The van der Waals surface area contributed by atoms with Crippen molar-refractivity contribution in [1.29, 1.82) is 5.26 Å². The van der Waals surface area contributed by atoms with E-state index in [2.05, 4.69) is 0 Å². The first kappa shape index (κ1) is 14.8. The maximum absolute atomic E-state index is 12.4. The molecular weight excluding hydrogens is 266 g/mol. The standard InChI is InChI=1S/C16H17N3O2/c1-11(9-17)19-15(8-5-13(10-18)16(19)20)12-3-6-14(21-2)7-4-12/h3-8,11H,9,17H2,1-2H3. The third-order valence-corrected chi connectivity index (χ3v) is 3.40.